The monoisotopic (exact) mass is 317 g/mol. The number of hydrogen-bond acceptors (Lipinski definition) is 2. The van der Waals surface area contributed by atoms with Crippen LogP contribution in [0.3, 0.4) is 0 Å². The largest absolute Gasteiger partial charge is 0.399 e. The molecular weight excluding hydrogens is 307 g/mol. The van der Waals surface area contributed by atoms with Gasteiger partial charge < -0.3 is 9.64 Å². The van der Waals surface area contributed by atoms with Crippen LogP contribution in [0.1, 0.15) is 5.56 Å². The molecule has 112 valence electrons. The van der Waals surface area contributed by atoms with Crippen molar-refractivity contribution in [2.45, 2.75) is 11.8 Å². The second-order valence-electron chi connectivity index (χ2n) is 5.18. The van der Waals surface area contributed by atoms with E-state index >= 15 is 0 Å². The molecule has 0 radical (unpaired) electrons. The molecule has 0 unspecified atom stereocenters. The molecule has 1 fully saturated rings. The third-order valence-electron chi connectivity index (χ3n) is 3.97. The van der Waals surface area contributed by atoms with Gasteiger partial charge in [-0.2, -0.15) is 13.2 Å². The predicted molar refractivity (Wildman–Crippen MR) is 71.2 cm³/mol. The van der Waals surface area contributed by atoms with E-state index in [1.54, 1.807) is 0 Å². The summed E-state index contributed by atoms with van der Waals surface area (Å²) in [5.41, 5.74) is -1.71. The van der Waals surface area contributed by atoms with Gasteiger partial charge in [-0.1, -0.05) is 24.2 Å². The number of rotatable bonds is 0. The Morgan fingerprint density at radius 2 is 2.14 bits per heavy atom. The Morgan fingerprint density at radius 3 is 2.76 bits per heavy atom. The van der Waals surface area contributed by atoms with Gasteiger partial charge in [0, 0.05) is 17.6 Å². The molecule has 1 saturated heterocycles. The summed E-state index contributed by atoms with van der Waals surface area (Å²) in [5.74, 6) is -2.80. The standard InChI is InChI=1S/C14H11ClF3NO2/c1-7-6-21-13(11(7)14(16,17)18)9-4-3-8(15)5-10(9)19(2)12(13)20/h3-5,11H,1,6H2,2H3/t11-,13-/m0/s1. The van der Waals surface area contributed by atoms with Gasteiger partial charge in [0.15, 0.2) is 5.60 Å². The fourth-order valence-electron chi connectivity index (χ4n) is 3.11. The van der Waals surface area contributed by atoms with Crippen LogP contribution in [0.2, 0.25) is 5.02 Å². The Kier molecular flexibility index (Phi) is 2.91. The first-order valence-corrected chi connectivity index (χ1v) is 6.54. The van der Waals surface area contributed by atoms with E-state index in [4.69, 9.17) is 16.3 Å². The number of amides is 1. The minimum Gasteiger partial charge on any atom is -0.355 e. The summed E-state index contributed by atoms with van der Waals surface area (Å²) in [5, 5.41) is 0.339. The molecule has 0 bridgehead atoms. The number of carbonyl (C=O) groups excluding carboxylic acids is 1. The van der Waals surface area contributed by atoms with Gasteiger partial charge in [-0.05, 0) is 17.7 Å². The molecule has 1 aromatic rings. The smallest absolute Gasteiger partial charge is 0.355 e. The van der Waals surface area contributed by atoms with Crippen LogP contribution in [0.4, 0.5) is 18.9 Å². The molecule has 2 aliphatic rings. The minimum absolute atomic E-state index is 0.146. The van der Waals surface area contributed by atoms with E-state index < -0.39 is 23.6 Å². The van der Waals surface area contributed by atoms with E-state index in [9.17, 15) is 18.0 Å². The van der Waals surface area contributed by atoms with Gasteiger partial charge in [-0.3, -0.25) is 4.79 Å². The minimum atomic E-state index is -4.62. The highest BCUT2D eigenvalue weighted by atomic mass is 35.5. The lowest BCUT2D eigenvalue weighted by Crippen LogP contribution is -2.48. The van der Waals surface area contributed by atoms with Crippen molar-refractivity contribution in [3.63, 3.8) is 0 Å². The predicted octanol–water partition coefficient (Wildman–Crippen LogP) is 3.28. The Morgan fingerprint density at radius 1 is 1.48 bits per heavy atom. The van der Waals surface area contributed by atoms with E-state index in [1.807, 2.05) is 0 Å². The molecule has 2 aliphatic heterocycles. The van der Waals surface area contributed by atoms with Crippen LogP contribution in [-0.4, -0.2) is 25.7 Å². The van der Waals surface area contributed by atoms with Crippen molar-refractivity contribution in [2.75, 3.05) is 18.6 Å². The third-order valence-corrected chi connectivity index (χ3v) is 4.21. The summed E-state index contributed by atoms with van der Waals surface area (Å²) in [6.07, 6.45) is -4.62. The summed E-state index contributed by atoms with van der Waals surface area (Å²) < 4.78 is 45.7. The first kappa shape index (κ1) is 14.4. The van der Waals surface area contributed by atoms with Gasteiger partial charge >= 0.3 is 6.18 Å². The number of fused-ring (bicyclic) bond motifs is 2. The van der Waals surface area contributed by atoms with E-state index in [-0.39, 0.29) is 17.7 Å². The highest BCUT2D eigenvalue weighted by Crippen LogP contribution is 2.57. The molecule has 1 aromatic carbocycles. The van der Waals surface area contributed by atoms with Crippen molar-refractivity contribution in [2.24, 2.45) is 5.92 Å². The zero-order valence-electron chi connectivity index (χ0n) is 11.0. The van der Waals surface area contributed by atoms with Gasteiger partial charge in [-0.15, -0.1) is 0 Å². The molecule has 0 saturated carbocycles. The molecule has 0 aliphatic carbocycles. The maximum absolute atomic E-state index is 13.4. The van der Waals surface area contributed by atoms with E-state index in [0.717, 1.165) is 4.90 Å². The van der Waals surface area contributed by atoms with Crippen LogP contribution < -0.4 is 4.90 Å². The number of nitrogens with zero attached hydrogens (tertiary/aromatic N) is 1. The Labute approximate surface area is 123 Å². The maximum atomic E-state index is 13.4. The van der Waals surface area contributed by atoms with Crippen LogP contribution in [0.25, 0.3) is 0 Å². The van der Waals surface area contributed by atoms with Crippen molar-refractivity contribution in [3.05, 3.63) is 40.9 Å². The number of benzene rings is 1. The normalized spacial score (nSPS) is 28.6. The van der Waals surface area contributed by atoms with Crippen molar-refractivity contribution < 1.29 is 22.7 Å². The first-order chi connectivity index (χ1) is 9.69. The van der Waals surface area contributed by atoms with Crippen LogP contribution in [0.5, 0.6) is 0 Å². The second-order valence-corrected chi connectivity index (χ2v) is 5.62. The summed E-state index contributed by atoms with van der Waals surface area (Å²) >= 11 is 5.87. The fraction of sp³-hybridized carbons (Fsp3) is 0.357. The quantitative estimate of drug-likeness (QED) is 0.687. The van der Waals surface area contributed by atoms with E-state index in [2.05, 4.69) is 6.58 Å². The molecule has 1 spiro atoms. The lowest BCUT2D eigenvalue weighted by molar-refractivity contribution is -0.205. The lowest BCUT2D eigenvalue weighted by atomic mass is 9.80. The number of anilines is 1. The summed E-state index contributed by atoms with van der Waals surface area (Å²) in [4.78, 5) is 13.7. The zero-order chi connectivity index (χ0) is 15.6. The number of alkyl halides is 3. The summed E-state index contributed by atoms with van der Waals surface area (Å²) in [6, 6.07) is 4.32. The highest BCUT2D eigenvalue weighted by molar-refractivity contribution is 6.31. The molecular formula is C14H11ClF3NO2. The zero-order valence-corrected chi connectivity index (χ0v) is 11.8. The average Bonchev–Trinajstić information content (AvgIpc) is 2.83. The molecule has 2 atom stereocenters. The number of halogens is 4. The SMILES string of the molecule is C=C1CO[C@]2(C(=O)N(C)c3cc(Cl)ccc32)[C@H]1C(F)(F)F. The first-order valence-electron chi connectivity index (χ1n) is 6.16. The Bertz CT molecular complexity index is 658. The Hall–Kier alpha value is -1.53. The van der Waals surface area contributed by atoms with Crippen molar-refractivity contribution in [1.29, 1.82) is 0 Å². The molecule has 0 aromatic heterocycles. The maximum Gasteiger partial charge on any atom is 0.399 e. The van der Waals surface area contributed by atoms with Gasteiger partial charge in [0.2, 0.25) is 0 Å². The summed E-state index contributed by atoms with van der Waals surface area (Å²) in [7, 11) is 1.41. The molecule has 7 heteroatoms. The van der Waals surface area contributed by atoms with Crippen LogP contribution in [0.15, 0.2) is 30.4 Å². The summed E-state index contributed by atoms with van der Waals surface area (Å²) in [6.45, 7) is 3.13. The molecule has 3 nitrogen and oxygen atoms in total. The van der Waals surface area contributed by atoms with Gasteiger partial charge in [0.25, 0.3) is 5.91 Å². The second kappa shape index (κ2) is 4.24. The molecule has 3 rings (SSSR count). The van der Waals surface area contributed by atoms with E-state index in [0.29, 0.717) is 10.7 Å². The van der Waals surface area contributed by atoms with Crippen molar-refractivity contribution >= 4 is 23.2 Å². The highest BCUT2D eigenvalue weighted by Gasteiger charge is 2.68. The van der Waals surface area contributed by atoms with Crippen LogP contribution in [0, 0.1) is 5.92 Å². The van der Waals surface area contributed by atoms with Crippen molar-refractivity contribution in [3.8, 4) is 0 Å². The third kappa shape index (κ3) is 1.75. The number of carbonyl (C=O) groups is 1. The molecule has 2 heterocycles. The van der Waals surface area contributed by atoms with Gasteiger partial charge in [0.05, 0.1) is 12.3 Å². The van der Waals surface area contributed by atoms with Crippen molar-refractivity contribution in [1.82, 2.24) is 0 Å². The fourth-order valence-corrected chi connectivity index (χ4v) is 3.28. The molecule has 21 heavy (non-hydrogen) atoms. The molecule has 1 amide bonds. The van der Waals surface area contributed by atoms with E-state index in [1.165, 1.54) is 25.2 Å². The number of hydrogen-bond donors (Lipinski definition) is 0. The Balaban J connectivity index is 2.27. The van der Waals surface area contributed by atoms with Crippen LogP contribution in [-0.2, 0) is 15.1 Å². The van der Waals surface area contributed by atoms with Crippen LogP contribution >= 0.6 is 11.6 Å². The average molecular weight is 318 g/mol. The van der Waals surface area contributed by atoms with Gasteiger partial charge in [0.1, 0.15) is 5.92 Å². The number of likely N-dealkylation sites (N-methyl/N-ethyl adjacent to an activating group) is 1. The lowest BCUT2D eigenvalue weighted by Gasteiger charge is -2.30. The van der Waals surface area contributed by atoms with Gasteiger partial charge in [-0.25, -0.2) is 0 Å². The number of ether oxygens (including phenoxy) is 1. The molecule has 0 N–H and O–H groups in total. The topological polar surface area (TPSA) is 29.5 Å².